The fraction of sp³-hybridized carbons (Fsp3) is 0.278. The number of carbonyl (C=O) groups is 2. The molecule has 0 radical (unpaired) electrons. The van der Waals surface area contributed by atoms with Crippen LogP contribution >= 0.6 is 0 Å². The van der Waals surface area contributed by atoms with Gasteiger partial charge in [-0.15, -0.1) is 0 Å². The molecule has 0 saturated heterocycles. The Balaban J connectivity index is 1.84. The van der Waals surface area contributed by atoms with Gasteiger partial charge in [0.15, 0.2) is 5.92 Å². The van der Waals surface area contributed by atoms with E-state index in [1.54, 1.807) is 30.5 Å². The summed E-state index contributed by atoms with van der Waals surface area (Å²) in [6.07, 6.45) is 1.67. The summed E-state index contributed by atoms with van der Waals surface area (Å²) in [6, 6.07) is 12.5. The number of carboxylic acids is 2. The standard InChI is InChI=1S/C18H20N2O5/c1-20(16-4-2-3-9-19-16)10-11-25-14-7-5-13(6-8-14)12-15(17(21)22)18(23)24/h2-9,15H,10-12H2,1H3,(H,21,22)(H,23,24). The van der Waals surface area contributed by atoms with Gasteiger partial charge in [-0.3, -0.25) is 9.59 Å². The molecule has 0 unspecified atom stereocenters. The maximum absolute atomic E-state index is 10.9. The smallest absolute Gasteiger partial charge is 0.318 e. The zero-order chi connectivity index (χ0) is 18.2. The fourth-order valence-electron chi connectivity index (χ4n) is 2.23. The second-order valence-electron chi connectivity index (χ2n) is 5.54. The molecule has 132 valence electrons. The van der Waals surface area contributed by atoms with Crippen LogP contribution in [-0.2, 0) is 16.0 Å². The number of aromatic nitrogens is 1. The number of hydrogen-bond acceptors (Lipinski definition) is 5. The Morgan fingerprint density at radius 3 is 2.36 bits per heavy atom. The molecule has 0 bridgehead atoms. The lowest BCUT2D eigenvalue weighted by Crippen LogP contribution is -2.25. The first-order valence-corrected chi connectivity index (χ1v) is 7.77. The lowest BCUT2D eigenvalue weighted by molar-refractivity contribution is -0.154. The van der Waals surface area contributed by atoms with Gasteiger partial charge in [0.1, 0.15) is 18.2 Å². The second kappa shape index (κ2) is 8.68. The molecular formula is C18H20N2O5. The Hall–Kier alpha value is -3.09. The minimum atomic E-state index is -1.45. The second-order valence-corrected chi connectivity index (χ2v) is 5.54. The first-order chi connectivity index (χ1) is 12.0. The van der Waals surface area contributed by atoms with E-state index in [1.165, 1.54) is 0 Å². The van der Waals surface area contributed by atoms with Crippen molar-refractivity contribution in [3.8, 4) is 5.75 Å². The van der Waals surface area contributed by atoms with E-state index in [-0.39, 0.29) is 6.42 Å². The topological polar surface area (TPSA) is 100.0 Å². The minimum absolute atomic E-state index is 0.0621. The summed E-state index contributed by atoms with van der Waals surface area (Å²) in [5.41, 5.74) is 0.632. The first kappa shape index (κ1) is 18.3. The van der Waals surface area contributed by atoms with Gasteiger partial charge in [0.25, 0.3) is 0 Å². The highest BCUT2D eigenvalue weighted by Crippen LogP contribution is 2.16. The summed E-state index contributed by atoms with van der Waals surface area (Å²) in [6.45, 7) is 1.11. The predicted molar refractivity (Wildman–Crippen MR) is 91.9 cm³/mol. The van der Waals surface area contributed by atoms with E-state index in [1.807, 2.05) is 30.1 Å². The summed E-state index contributed by atoms with van der Waals surface area (Å²) >= 11 is 0. The summed E-state index contributed by atoms with van der Waals surface area (Å²) < 4.78 is 5.65. The van der Waals surface area contributed by atoms with Gasteiger partial charge in [0.05, 0.1) is 6.54 Å². The number of aliphatic carboxylic acids is 2. The molecule has 0 spiro atoms. The van der Waals surface area contributed by atoms with Crippen molar-refractivity contribution in [3.63, 3.8) is 0 Å². The first-order valence-electron chi connectivity index (χ1n) is 7.77. The van der Waals surface area contributed by atoms with Crippen LogP contribution in [0.4, 0.5) is 5.82 Å². The van der Waals surface area contributed by atoms with Gasteiger partial charge in [-0.05, 0) is 36.2 Å². The number of carboxylic acid groups (broad SMARTS) is 2. The van der Waals surface area contributed by atoms with Crippen LogP contribution < -0.4 is 9.64 Å². The van der Waals surface area contributed by atoms with E-state index in [2.05, 4.69) is 4.98 Å². The third-order valence-electron chi connectivity index (χ3n) is 3.70. The maximum atomic E-state index is 10.9. The van der Waals surface area contributed by atoms with Crippen LogP contribution in [0.2, 0.25) is 0 Å². The lowest BCUT2D eigenvalue weighted by atomic mass is 10.00. The van der Waals surface area contributed by atoms with Crippen molar-refractivity contribution in [2.24, 2.45) is 5.92 Å². The Kier molecular flexibility index (Phi) is 6.33. The number of rotatable bonds is 9. The molecule has 25 heavy (non-hydrogen) atoms. The molecule has 7 nitrogen and oxygen atoms in total. The Bertz CT molecular complexity index is 689. The van der Waals surface area contributed by atoms with Crippen LogP contribution in [0.1, 0.15) is 5.56 Å². The van der Waals surface area contributed by atoms with E-state index >= 15 is 0 Å². The fourth-order valence-corrected chi connectivity index (χ4v) is 2.23. The normalized spacial score (nSPS) is 10.5. The number of pyridine rings is 1. The molecule has 0 aliphatic rings. The number of nitrogens with zero attached hydrogens (tertiary/aromatic N) is 2. The molecule has 0 aliphatic carbocycles. The summed E-state index contributed by atoms with van der Waals surface area (Å²) in [4.78, 5) is 28.1. The van der Waals surface area contributed by atoms with Gasteiger partial charge < -0.3 is 19.8 Å². The largest absolute Gasteiger partial charge is 0.492 e. The highest BCUT2D eigenvalue weighted by atomic mass is 16.5. The van der Waals surface area contributed by atoms with Crippen molar-refractivity contribution in [3.05, 3.63) is 54.2 Å². The number of benzene rings is 1. The van der Waals surface area contributed by atoms with Crippen molar-refractivity contribution in [1.29, 1.82) is 0 Å². The van der Waals surface area contributed by atoms with Crippen LogP contribution in [0.5, 0.6) is 5.75 Å². The van der Waals surface area contributed by atoms with E-state index in [4.69, 9.17) is 14.9 Å². The average molecular weight is 344 g/mol. The van der Waals surface area contributed by atoms with Crippen LogP contribution in [0.25, 0.3) is 0 Å². The van der Waals surface area contributed by atoms with Crippen molar-refractivity contribution >= 4 is 17.8 Å². The molecule has 2 aromatic rings. The molecule has 7 heteroatoms. The Labute approximate surface area is 145 Å². The van der Waals surface area contributed by atoms with E-state index in [0.29, 0.717) is 24.5 Å². The lowest BCUT2D eigenvalue weighted by Gasteiger charge is -2.18. The Morgan fingerprint density at radius 1 is 1.12 bits per heavy atom. The number of anilines is 1. The minimum Gasteiger partial charge on any atom is -0.492 e. The van der Waals surface area contributed by atoms with Gasteiger partial charge in [0.2, 0.25) is 0 Å². The Morgan fingerprint density at radius 2 is 1.80 bits per heavy atom. The summed E-state index contributed by atoms with van der Waals surface area (Å²) in [5, 5.41) is 17.8. The van der Waals surface area contributed by atoms with Gasteiger partial charge >= 0.3 is 11.9 Å². The van der Waals surface area contributed by atoms with Crippen molar-refractivity contribution < 1.29 is 24.5 Å². The predicted octanol–water partition coefficient (Wildman–Crippen LogP) is 1.92. The van der Waals surface area contributed by atoms with E-state index < -0.39 is 17.9 Å². The molecule has 0 saturated carbocycles. The maximum Gasteiger partial charge on any atom is 0.318 e. The SMILES string of the molecule is CN(CCOc1ccc(CC(C(=O)O)C(=O)O)cc1)c1ccccn1. The number of ether oxygens (including phenoxy) is 1. The summed E-state index contributed by atoms with van der Waals surface area (Å²) in [7, 11) is 1.92. The van der Waals surface area contributed by atoms with E-state index in [0.717, 1.165) is 5.82 Å². The molecule has 0 aliphatic heterocycles. The summed E-state index contributed by atoms with van der Waals surface area (Å²) in [5.74, 6) is -2.63. The highest BCUT2D eigenvalue weighted by molar-refractivity contribution is 5.93. The van der Waals surface area contributed by atoms with Crippen molar-refractivity contribution in [1.82, 2.24) is 4.98 Å². The quantitative estimate of drug-likeness (QED) is 0.670. The third kappa shape index (κ3) is 5.49. The van der Waals surface area contributed by atoms with Gasteiger partial charge in [0, 0.05) is 13.2 Å². The zero-order valence-corrected chi connectivity index (χ0v) is 13.8. The molecule has 1 aromatic carbocycles. The van der Waals surface area contributed by atoms with Crippen LogP contribution in [-0.4, -0.2) is 47.3 Å². The zero-order valence-electron chi connectivity index (χ0n) is 13.8. The van der Waals surface area contributed by atoms with Crippen LogP contribution in [0, 0.1) is 5.92 Å². The van der Waals surface area contributed by atoms with Gasteiger partial charge in [-0.25, -0.2) is 4.98 Å². The molecule has 0 fully saturated rings. The third-order valence-corrected chi connectivity index (χ3v) is 3.70. The molecular weight excluding hydrogens is 324 g/mol. The molecule has 1 aromatic heterocycles. The molecule has 1 heterocycles. The highest BCUT2D eigenvalue weighted by Gasteiger charge is 2.25. The van der Waals surface area contributed by atoms with E-state index in [9.17, 15) is 9.59 Å². The molecule has 2 N–H and O–H groups in total. The average Bonchev–Trinajstić information content (AvgIpc) is 2.61. The van der Waals surface area contributed by atoms with Crippen LogP contribution in [0.3, 0.4) is 0 Å². The molecule has 0 amide bonds. The van der Waals surface area contributed by atoms with Crippen molar-refractivity contribution in [2.45, 2.75) is 6.42 Å². The van der Waals surface area contributed by atoms with Crippen molar-refractivity contribution in [2.75, 3.05) is 25.1 Å². The number of hydrogen-bond donors (Lipinski definition) is 2. The monoisotopic (exact) mass is 344 g/mol. The van der Waals surface area contributed by atoms with Gasteiger partial charge in [-0.1, -0.05) is 18.2 Å². The van der Waals surface area contributed by atoms with Crippen LogP contribution in [0.15, 0.2) is 48.7 Å². The number of likely N-dealkylation sites (N-methyl/N-ethyl adjacent to an activating group) is 1. The molecule has 2 rings (SSSR count). The molecule has 0 atom stereocenters. The van der Waals surface area contributed by atoms with Gasteiger partial charge in [-0.2, -0.15) is 0 Å².